The van der Waals surface area contributed by atoms with Crippen LogP contribution in [0.25, 0.3) is 0 Å². The quantitative estimate of drug-likeness (QED) is 0.183. The third-order valence-corrected chi connectivity index (χ3v) is 4.46. The summed E-state index contributed by atoms with van der Waals surface area (Å²) in [6.45, 7) is 2.10. The van der Waals surface area contributed by atoms with E-state index in [-0.39, 0.29) is 6.92 Å². The first-order chi connectivity index (χ1) is 14.7. The fourth-order valence-electron chi connectivity index (χ4n) is 2.00. The summed E-state index contributed by atoms with van der Waals surface area (Å²) in [5.41, 5.74) is 0. The highest BCUT2D eigenvalue weighted by molar-refractivity contribution is 5.18. The second-order valence-electron chi connectivity index (χ2n) is 6.74. The minimum Gasteiger partial charge on any atom is -0.199 e. The van der Waals surface area contributed by atoms with Crippen molar-refractivity contribution in [2.45, 2.75) is 66.4 Å². The van der Waals surface area contributed by atoms with Gasteiger partial charge in [-0.2, -0.15) is 92.2 Å². The average Bonchev–Trinajstić information content (AvgIpc) is 2.64. The molecule has 21 heteroatoms. The molecule has 0 aliphatic heterocycles. The van der Waals surface area contributed by atoms with Gasteiger partial charge in [0.1, 0.15) is 0 Å². The Balaban J connectivity index is 7.11. The summed E-state index contributed by atoms with van der Waals surface area (Å²) in [6, 6.07) is 0. The van der Waals surface area contributed by atoms with Crippen LogP contribution in [0, 0.1) is 5.92 Å². The lowest BCUT2D eigenvalue weighted by atomic mass is 9.84. The zero-order valence-corrected chi connectivity index (χ0v) is 15.8. The van der Waals surface area contributed by atoms with Crippen LogP contribution in [-0.4, -0.2) is 59.5 Å². The van der Waals surface area contributed by atoms with Crippen LogP contribution >= 0.6 is 0 Å². The summed E-state index contributed by atoms with van der Waals surface area (Å²) in [6.07, 6.45) is -8.39. The van der Waals surface area contributed by atoms with E-state index < -0.39 is 71.5 Å². The first-order valence-electron chi connectivity index (χ1n) is 7.83. The van der Waals surface area contributed by atoms with Gasteiger partial charge in [0.25, 0.3) is 0 Å². The number of halogens is 21. The van der Waals surface area contributed by atoms with E-state index in [0.717, 1.165) is 0 Å². The Morgan fingerprint density at radius 3 is 0.800 bits per heavy atom. The summed E-state index contributed by atoms with van der Waals surface area (Å²) >= 11 is 0. The van der Waals surface area contributed by atoms with E-state index in [2.05, 4.69) is 6.58 Å². The molecule has 0 rings (SSSR count). The number of hydrogen-bond donors (Lipinski definition) is 0. The van der Waals surface area contributed by atoms with Crippen molar-refractivity contribution >= 4 is 0 Å². The topological polar surface area (TPSA) is 0 Å². The van der Waals surface area contributed by atoms with E-state index in [9.17, 15) is 92.2 Å². The van der Waals surface area contributed by atoms with Gasteiger partial charge >= 0.3 is 59.5 Å². The van der Waals surface area contributed by atoms with Crippen LogP contribution in [0.5, 0.6) is 0 Å². The van der Waals surface area contributed by atoms with Gasteiger partial charge < -0.3 is 0 Å². The minimum absolute atomic E-state index is 0.212. The smallest absolute Gasteiger partial charge is 0.199 e. The van der Waals surface area contributed by atoms with Gasteiger partial charge in [-0.3, -0.25) is 0 Å². The Morgan fingerprint density at radius 1 is 0.400 bits per heavy atom. The molecule has 0 spiro atoms. The van der Waals surface area contributed by atoms with Crippen molar-refractivity contribution in [2.24, 2.45) is 5.92 Å². The monoisotopic (exact) mass is 574 g/mol. The molecule has 0 saturated heterocycles. The fourth-order valence-corrected chi connectivity index (χ4v) is 2.00. The molecule has 0 aliphatic rings. The van der Waals surface area contributed by atoms with Gasteiger partial charge in [0.15, 0.2) is 0 Å². The summed E-state index contributed by atoms with van der Waals surface area (Å²) in [5, 5.41) is 0. The molecule has 0 saturated carbocycles. The van der Waals surface area contributed by atoms with E-state index in [4.69, 9.17) is 0 Å². The number of hydrogen-bond acceptors (Lipinski definition) is 0. The van der Waals surface area contributed by atoms with Gasteiger partial charge in [-0.05, 0) is 0 Å². The molecule has 0 aliphatic carbocycles. The van der Waals surface area contributed by atoms with Crippen LogP contribution in [0.2, 0.25) is 0 Å². The van der Waals surface area contributed by atoms with E-state index in [1.807, 2.05) is 0 Å². The number of rotatable bonds is 10. The lowest BCUT2D eigenvalue weighted by Crippen LogP contribution is -2.77. The number of alkyl halides is 21. The first-order valence-corrected chi connectivity index (χ1v) is 7.83. The second kappa shape index (κ2) is 8.14. The Kier molecular flexibility index (Phi) is 7.74. The van der Waals surface area contributed by atoms with Gasteiger partial charge in [-0.15, -0.1) is 6.58 Å². The molecule has 0 nitrogen and oxygen atoms in total. The summed E-state index contributed by atoms with van der Waals surface area (Å²) < 4.78 is 275. The molecule has 0 heterocycles. The van der Waals surface area contributed by atoms with E-state index in [0.29, 0.717) is 0 Å². The maximum atomic E-state index is 13.5. The zero-order valence-electron chi connectivity index (χ0n) is 15.8. The van der Waals surface area contributed by atoms with Crippen molar-refractivity contribution < 1.29 is 92.2 Å². The van der Waals surface area contributed by atoms with Gasteiger partial charge in [0.05, 0.1) is 0 Å². The second-order valence-corrected chi connectivity index (χ2v) is 6.74. The lowest BCUT2D eigenvalue weighted by Gasteiger charge is -2.45. The molecular weight excluding hydrogens is 567 g/mol. The summed E-state index contributed by atoms with van der Waals surface area (Å²) in [7, 11) is 0. The highest BCUT2D eigenvalue weighted by Crippen LogP contribution is 2.66. The van der Waals surface area contributed by atoms with Crippen LogP contribution in [0.4, 0.5) is 92.2 Å². The van der Waals surface area contributed by atoms with Crippen molar-refractivity contribution in [3.05, 3.63) is 12.7 Å². The molecule has 0 aromatic carbocycles. The molecule has 0 N–H and O–H groups in total. The van der Waals surface area contributed by atoms with Crippen molar-refractivity contribution in [3.8, 4) is 0 Å². The lowest BCUT2D eigenvalue weighted by molar-refractivity contribution is -0.474. The SMILES string of the molecule is C=CC(C)C(F)(F)C(F)(F)C(F)(F)C(F)(F)C(F)(F)C(F)(F)C(F)(F)C(F)(F)C(F)(F)C(F)(F)F. The molecule has 0 bridgehead atoms. The molecule has 0 amide bonds. The number of allylic oxidation sites excluding steroid dienone is 1. The maximum Gasteiger partial charge on any atom is 0.460 e. The normalized spacial score (nSPS) is 17.4. The molecule has 0 aromatic heterocycles. The van der Waals surface area contributed by atoms with E-state index >= 15 is 0 Å². The van der Waals surface area contributed by atoms with E-state index in [1.165, 1.54) is 0 Å². The molecule has 35 heavy (non-hydrogen) atoms. The first kappa shape index (κ1) is 33.3. The van der Waals surface area contributed by atoms with Crippen molar-refractivity contribution in [1.82, 2.24) is 0 Å². The van der Waals surface area contributed by atoms with Gasteiger partial charge in [0, 0.05) is 5.92 Å². The Labute approximate surface area is 178 Å². The molecule has 210 valence electrons. The van der Waals surface area contributed by atoms with Gasteiger partial charge in [-0.1, -0.05) is 13.0 Å². The van der Waals surface area contributed by atoms with Crippen molar-refractivity contribution in [2.75, 3.05) is 0 Å². The third-order valence-electron chi connectivity index (χ3n) is 4.46. The molecular formula is C14H7F21. The van der Waals surface area contributed by atoms with Crippen LogP contribution in [0.15, 0.2) is 12.7 Å². The predicted molar refractivity (Wildman–Crippen MR) is 69.9 cm³/mol. The minimum atomic E-state index is -9.15. The molecule has 1 atom stereocenters. The predicted octanol–water partition coefficient (Wildman–Crippen LogP) is 8.09. The maximum absolute atomic E-state index is 13.5. The van der Waals surface area contributed by atoms with Crippen molar-refractivity contribution in [3.63, 3.8) is 0 Å². The summed E-state index contributed by atoms with van der Waals surface area (Å²) in [4.78, 5) is 0. The molecule has 0 aromatic rings. The van der Waals surface area contributed by atoms with Crippen LogP contribution < -0.4 is 0 Å². The molecule has 1 unspecified atom stereocenters. The average molecular weight is 574 g/mol. The Hall–Kier alpha value is -1.73. The molecule has 0 radical (unpaired) electrons. The standard InChI is InChI=1S/C14H7F21/c1-3-4(2)5(15,16)6(17,18)7(19,20)8(21,22)9(23,24)10(25,26)11(27,28)12(29,30)13(31,32)14(33,34)35/h3-4H,1H2,2H3. The highest BCUT2D eigenvalue weighted by Gasteiger charge is 2.97. The highest BCUT2D eigenvalue weighted by atomic mass is 19.4. The van der Waals surface area contributed by atoms with Crippen molar-refractivity contribution in [1.29, 1.82) is 0 Å². The fraction of sp³-hybridized carbons (Fsp3) is 0.857. The zero-order chi connectivity index (χ0) is 29.3. The van der Waals surface area contributed by atoms with Crippen LogP contribution in [0.3, 0.4) is 0 Å². The Bertz CT molecular complexity index is 784. The van der Waals surface area contributed by atoms with E-state index in [1.54, 1.807) is 0 Å². The largest absolute Gasteiger partial charge is 0.460 e. The van der Waals surface area contributed by atoms with Gasteiger partial charge in [0.2, 0.25) is 0 Å². The third kappa shape index (κ3) is 3.88. The van der Waals surface area contributed by atoms with Gasteiger partial charge in [-0.25, -0.2) is 0 Å². The van der Waals surface area contributed by atoms with Crippen LogP contribution in [0.1, 0.15) is 6.92 Å². The molecule has 0 fully saturated rings. The van der Waals surface area contributed by atoms with Crippen LogP contribution in [-0.2, 0) is 0 Å². The summed E-state index contributed by atoms with van der Waals surface area (Å²) in [5.74, 6) is -80.1. The Morgan fingerprint density at radius 2 is 0.600 bits per heavy atom.